The Morgan fingerprint density at radius 1 is 1.06 bits per heavy atom. The molecular formula is C24H35N3O8. The second-order valence-electron chi connectivity index (χ2n) is 9.17. The Hall–Kier alpha value is -3.05. The van der Waals surface area contributed by atoms with Gasteiger partial charge in [-0.05, 0) is 18.4 Å². The number of nitrogens with zero attached hydrogens (tertiary/aromatic N) is 2. The van der Waals surface area contributed by atoms with Crippen LogP contribution in [0.15, 0.2) is 12.1 Å². The van der Waals surface area contributed by atoms with E-state index < -0.39 is 23.5 Å². The molecule has 194 valence electrons. The van der Waals surface area contributed by atoms with Crippen LogP contribution < -0.4 is 19.5 Å². The minimum absolute atomic E-state index is 0.129. The maximum Gasteiger partial charge on any atom is 0.348 e. The van der Waals surface area contributed by atoms with E-state index in [0.29, 0.717) is 56.4 Å². The number of hydrogen-bond donors (Lipinski definition) is 2. The van der Waals surface area contributed by atoms with Crippen molar-refractivity contribution in [1.82, 2.24) is 15.1 Å². The third-order valence-corrected chi connectivity index (χ3v) is 6.32. The fourth-order valence-electron chi connectivity index (χ4n) is 4.27. The van der Waals surface area contributed by atoms with E-state index in [-0.39, 0.29) is 18.4 Å². The standard InChI is InChI=1S/C24H35N3O8/c1-15(2)12-17(25-22(29)24(14-35-24)23(30)31)21(28)27-10-8-26(9-11-27)13-16-6-7-18(32-3)20(34-5)19(16)33-4/h6-7,15,17H,8-14H2,1-5H3,(H,25,29)(H,30,31)/t17-,24+/m0/s1. The smallest absolute Gasteiger partial charge is 0.348 e. The van der Waals surface area contributed by atoms with E-state index in [0.717, 1.165) is 5.56 Å². The third-order valence-electron chi connectivity index (χ3n) is 6.32. The first kappa shape index (κ1) is 26.6. The average molecular weight is 494 g/mol. The molecule has 0 aliphatic carbocycles. The molecule has 0 saturated carbocycles. The van der Waals surface area contributed by atoms with E-state index in [1.54, 1.807) is 26.2 Å². The fourth-order valence-corrected chi connectivity index (χ4v) is 4.27. The second kappa shape index (κ2) is 11.1. The molecule has 3 rings (SSSR count). The number of ether oxygens (including phenoxy) is 4. The number of aliphatic carboxylic acids is 1. The number of carboxylic acid groups (broad SMARTS) is 1. The molecule has 1 aromatic carbocycles. The highest BCUT2D eigenvalue weighted by Crippen LogP contribution is 2.40. The van der Waals surface area contributed by atoms with Gasteiger partial charge in [-0.2, -0.15) is 0 Å². The summed E-state index contributed by atoms with van der Waals surface area (Å²) < 4.78 is 21.3. The Morgan fingerprint density at radius 2 is 1.69 bits per heavy atom. The van der Waals surface area contributed by atoms with Crippen LogP contribution in [-0.2, 0) is 25.7 Å². The SMILES string of the molecule is COc1ccc(CN2CCN(C(=O)[C@H](CC(C)C)NC(=O)[C@@]3(C(=O)O)CO3)CC2)c(OC)c1OC. The number of carbonyl (C=O) groups is 3. The number of benzene rings is 1. The van der Waals surface area contributed by atoms with Gasteiger partial charge in [0.05, 0.1) is 27.9 Å². The van der Waals surface area contributed by atoms with Gasteiger partial charge in [0.25, 0.3) is 11.5 Å². The normalized spacial score (nSPS) is 20.8. The Labute approximate surface area is 205 Å². The van der Waals surface area contributed by atoms with Crippen molar-refractivity contribution in [2.45, 2.75) is 38.5 Å². The quantitative estimate of drug-likeness (QED) is 0.339. The lowest BCUT2D eigenvalue weighted by Gasteiger charge is -2.37. The molecule has 2 fully saturated rings. The maximum atomic E-state index is 13.3. The molecule has 2 heterocycles. The number of carbonyl (C=O) groups excluding carboxylic acids is 2. The zero-order valence-corrected chi connectivity index (χ0v) is 21.0. The highest BCUT2D eigenvalue weighted by Gasteiger charge is 2.60. The molecule has 2 aliphatic rings. The summed E-state index contributed by atoms with van der Waals surface area (Å²) in [7, 11) is 4.72. The summed E-state index contributed by atoms with van der Waals surface area (Å²) in [5, 5.41) is 11.9. The van der Waals surface area contributed by atoms with Gasteiger partial charge in [0, 0.05) is 38.3 Å². The summed E-state index contributed by atoms with van der Waals surface area (Å²) in [5.74, 6) is -0.469. The van der Waals surface area contributed by atoms with Gasteiger partial charge in [-0.15, -0.1) is 0 Å². The number of amides is 2. The van der Waals surface area contributed by atoms with Crippen molar-refractivity contribution in [2.24, 2.45) is 5.92 Å². The molecule has 11 heteroatoms. The monoisotopic (exact) mass is 493 g/mol. The van der Waals surface area contributed by atoms with Crippen molar-refractivity contribution < 1.29 is 38.4 Å². The van der Waals surface area contributed by atoms with Crippen LogP contribution in [0, 0.1) is 5.92 Å². The number of epoxide rings is 1. The van der Waals surface area contributed by atoms with Crippen molar-refractivity contribution >= 4 is 17.8 Å². The molecule has 0 aromatic heterocycles. The van der Waals surface area contributed by atoms with Crippen molar-refractivity contribution in [3.63, 3.8) is 0 Å². The molecule has 2 atom stereocenters. The van der Waals surface area contributed by atoms with E-state index in [4.69, 9.17) is 18.9 Å². The van der Waals surface area contributed by atoms with E-state index in [1.807, 2.05) is 26.0 Å². The van der Waals surface area contributed by atoms with E-state index >= 15 is 0 Å². The lowest BCUT2D eigenvalue weighted by atomic mass is 10.0. The Bertz CT molecular complexity index is 939. The predicted molar refractivity (Wildman–Crippen MR) is 126 cm³/mol. The van der Waals surface area contributed by atoms with Gasteiger partial charge in [-0.3, -0.25) is 14.5 Å². The summed E-state index contributed by atoms with van der Waals surface area (Å²) in [4.78, 5) is 41.1. The number of hydrogen-bond acceptors (Lipinski definition) is 8. The molecule has 35 heavy (non-hydrogen) atoms. The zero-order valence-electron chi connectivity index (χ0n) is 21.0. The van der Waals surface area contributed by atoms with Crippen LogP contribution in [0.25, 0.3) is 0 Å². The van der Waals surface area contributed by atoms with Crippen molar-refractivity contribution in [1.29, 1.82) is 0 Å². The van der Waals surface area contributed by atoms with Crippen LogP contribution in [0.1, 0.15) is 25.8 Å². The second-order valence-corrected chi connectivity index (χ2v) is 9.17. The molecule has 0 unspecified atom stereocenters. The molecule has 11 nitrogen and oxygen atoms in total. The van der Waals surface area contributed by atoms with Crippen LogP contribution >= 0.6 is 0 Å². The largest absolute Gasteiger partial charge is 0.493 e. The summed E-state index contributed by atoms with van der Waals surface area (Å²) in [6, 6.07) is 2.97. The van der Waals surface area contributed by atoms with E-state index in [9.17, 15) is 19.5 Å². The lowest BCUT2D eigenvalue weighted by Crippen LogP contribution is -2.57. The number of nitrogens with one attached hydrogen (secondary N) is 1. The van der Waals surface area contributed by atoms with Crippen LogP contribution in [0.5, 0.6) is 17.2 Å². The fraction of sp³-hybridized carbons (Fsp3) is 0.625. The van der Waals surface area contributed by atoms with Crippen LogP contribution in [0.2, 0.25) is 0 Å². The molecule has 1 aromatic rings. The van der Waals surface area contributed by atoms with Gasteiger partial charge < -0.3 is 34.3 Å². The first-order valence-corrected chi connectivity index (χ1v) is 11.6. The Morgan fingerprint density at radius 3 is 2.17 bits per heavy atom. The number of piperazine rings is 1. The Kier molecular flexibility index (Phi) is 8.44. The van der Waals surface area contributed by atoms with Gasteiger partial charge in [0.2, 0.25) is 11.7 Å². The van der Waals surface area contributed by atoms with Crippen LogP contribution in [-0.4, -0.2) is 98.4 Å². The molecule has 0 radical (unpaired) electrons. The molecule has 0 spiro atoms. The first-order valence-electron chi connectivity index (χ1n) is 11.6. The van der Waals surface area contributed by atoms with Gasteiger partial charge in [-0.1, -0.05) is 19.9 Å². The zero-order chi connectivity index (χ0) is 25.8. The molecule has 2 aliphatic heterocycles. The lowest BCUT2D eigenvalue weighted by molar-refractivity contribution is -0.150. The van der Waals surface area contributed by atoms with Crippen molar-refractivity contribution in [2.75, 3.05) is 54.1 Å². The minimum Gasteiger partial charge on any atom is -0.493 e. The molecule has 0 bridgehead atoms. The Balaban J connectivity index is 1.63. The topological polar surface area (TPSA) is 130 Å². The van der Waals surface area contributed by atoms with E-state index in [2.05, 4.69) is 10.2 Å². The maximum absolute atomic E-state index is 13.3. The highest BCUT2D eigenvalue weighted by atomic mass is 16.6. The van der Waals surface area contributed by atoms with Crippen molar-refractivity contribution in [3.8, 4) is 17.2 Å². The molecular weight excluding hydrogens is 458 g/mol. The summed E-state index contributed by atoms with van der Waals surface area (Å²) in [6.45, 7) is 6.55. The number of methoxy groups -OCH3 is 3. The first-order chi connectivity index (χ1) is 16.7. The third kappa shape index (κ3) is 5.79. The molecule has 2 amide bonds. The van der Waals surface area contributed by atoms with Gasteiger partial charge in [0.15, 0.2) is 11.5 Å². The van der Waals surface area contributed by atoms with Gasteiger partial charge >= 0.3 is 5.97 Å². The summed E-state index contributed by atoms with van der Waals surface area (Å²) >= 11 is 0. The summed E-state index contributed by atoms with van der Waals surface area (Å²) in [6.07, 6.45) is 0.406. The summed E-state index contributed by atoms with van der Waals surface area (Å²) in [5.41, 5.74) is -0.926. The van der Waals surface area contributed by atoms with Gasteiger partial charge in [0.1, 0.15) is 6.04 Å². The average Bonchev–Trinajstić information content (AvgIpc) is 3.65. The van der Waals surface area contributed by atoms with Crippen molar-refractivity contribution in [3.05, 3.63) is 17.7 Å². The molecule has 2 N–H and O–H groups in total. The van der Waals surface area contributed by atoms with E-state index in [1.165, 1.54) is 0 Å². The number of carboxylic acids is 1. The highest BCUT2D eigenvalue weighted by molar-refractivity contribution is 6.09. The van der Waals surface area contributed by atoms with Gasteiger partial charge in [-0.25, -0.2) is 4.79 Å². The predicted octanol–water partition coefficient (Wildman–Crippen LogP) is 0.741. The number of rotatable bonds is 11. The minimum atomic E-state index is -1.87. The molecule has 2 saturated heterocycles. The van der Waals surface area contributed by atoms with Crippen LogP contribution in [0.3, 0.4) is 0 Å². The van der Waals surface area contributed by atoms with Crippen LogP contribution in [0.4, 0.5) is 0 Å².